The van der Waals surface area contributed by atoms with E-state index in [-0.39, 0.29) is 5.56 Å². The number of pyridine rings is 2. The molecule has 0 spiro atoms. The molecular weight excluding hydrogens is 364 g/mol. The lowest BCUT2D eigenvalue weighted by atomic mass is 9.95. The summed E-state index contributed by atoms with van der Waals surface area (Å²) in [5.41, 5.74) is 5.38. The van der Waals surface area contributed by atoms with Gasteiger partial charge in [-0.2, -0.15) is 0 Å². The third-order valence-electron chi connectivity index (χ3n) is 5.79. The number of aromatic carboxylic acids is 1. The molecule has 6 nitrogen and oxygen atoms in total. The summed E-state index contributed by atoms with van der Waals surface area (Å²) in [6.45, 7) is 1.97. The van der Waals surface area contributed by atoms with Crippen molar-refractivity contribution in [3.05, 3.63) is 53.7 Å². The molecule has 1 fully saturated rings. The second-order valence-electron chi connectivity index (χ2n) is 7.79. The zero-order valence-electron chi connectivity index (χ0n) is 16.3. The van der Waals surface area contributed by atoms with Gasteiger partial charge >= 0.3 is 5.97 Å². The molecule has 0 unspecified atom stereocenters. The van der Waals surface area contributed by atoms with Gasteiger partial charge in [0.05, 0.1) is 27.6 Å². The average Bonchev–Trinajstić information content (AvgIpc) is 3.12. The molecule has 1 aliphatic rings. The van der Waals surface area contributed by atoms with E-state index in [1.54, 1.807) is 12.1 Å². The Morgan fingerprint density at radius 2 is 1.69 bits per heavy atom. The number of carbonyl (C=O) groups is 1. The van der Waals surface area contributed by atoms with Gasteiger partial charge in [-0.3, -0.25) is 4.98 Å². The van der Waals surface area contributed by atoms with Crippen molar-refractivity contribution >= 4 is 28.0 Å². The first-order valence-corrected chi connectivity index (χ1v) is 10.1. The summed E-state index contributed by atoms with van der Waals surface area (Å²) in [5.74, 6) is -0.136. The number of imidazole rings is 1. The molecule has 0 radical (unpaired) electrons. The summed E-state index contributed by atoms with van der Waals surface area (Å²) in [7, 11) is 0. The largest absolute Gasteiger partial charge is 0.478 e. The Morgan fingerprint density at radius 3 is 2.48 bits per heavy atom. The maximum atomic E-state index is 11.4. The minimum Gasteiger partial charge on any atom is -0.478 e. The van der Waals surface area contributed by atoms with E-state index in [1.807, 2.05) is 37.3 Å². The number of nitrogens with zero attached hydrogens (tertiary/aromatic N) is 4. The standard InChI is InChI=1S/C23H22N4O2/c1-14-7-9-18-17(24-14)10-11-19(25-18)22-26-20-13-15(23(28)29)8-12-21(20)27(22)16-5-3-2-4-6-16/h7-13,16H,2-6H2,1H3,(H,28,29). The van der Waals surface area contributed by atoms with Crippen molar-refractivity contribution in [2.45, 2.75) is 45.1 Å². The molecule has 0 saturated heterocycles. The smallest absolute Gasteiger partial charge is 0.335 e. The zero-order valence-corrected chi connectivity index (χ0v) is 16.3. The number of aromatic nitrogens is 4. The average molecular weight is 386 g/mol. The fourth-order valence-electron chi connectivity index (χ4n) is 4.36. The first kappa shape index (κ1) is 17.8. The van der Waals surface area contributed by atoms with Crippen LogP contribution in [0.15, 0.2) is 42.5 Å². The predicted octanol–water partition coefficient (Wildman–Crippen LogP) is 5.16. The highest BCUT2D eigenvalue weighted by Crippen LogP contribution is 2.36. The van der Waals surface area contributed by atoms with Crippen molar-refractivity contribution in [2.24, 2.45) is 0 Å². The van der Waals surface area contributed by atoms with E-state index in [1.165, 1.54) is 19.3 Å². The molecule has 0 atom stereocenters. The van der Waals surface area contributed by atoms with Crippen LogP contribution in [0.1, 0.15) is 54.2 Å². The van der Waals surface area contributed by atoms with Gasteiger partial charge in [0.25, 0.3) is 0 Å². The van der Waals surface area contributed by atoms with Crippen LogP contribution in [-0.2, 0) is 0 Å². The van der Waals surface area contributed by atoms with Gasteiger partial charge in [-0.05, 0) is 62.2 Å². The molecule has 0 amide bonds. The summed E-state index contributed by atoms with van der Waals surface area (Å²) in [6, 6.07) is 13.5. The lowest BCUT2D eigenvalue weighted by Gasteiger charge is -2.25. The quantitative estimate of drug-likeness (QED) is 0.526. The van der Waals surface area contributed by atoms with E-state index in [9.17, 15) is 9.90 Å². The van der Waals surface area contributed by atoms with Crippen molar-refractivity contribution in [3.8, 4) is 11.5 Å². The molecule has 1 saturated carbocycles. The Bertz CT molecular complexity index is 1240. The number of aryl methyl sites for hydroxylation is 1. The molecule has 0 aliphatic heterocycles. The molecule has 5 rings (SSSR count). The van der Waals surface area contributed by atoms with E-state index >= 15 is 0 Å². The number of hydrogen-bond acceptors (Lipinski definition) is 4. The number of carboxylic acid groups (broad SMARTS) is 1. The van der Waals surface area contributed by atoms with Gasteiger partial charge in [0, 0.05) is 11.7 Å². The van der Waals surface area contributed by atoms with Crippen LogP contribution in [0.3, 0.4) is 0 Å². The highest BCUT2D eigenvalue weighted by molar-refractivity contribution is 5.93. The van der Waals surface area contributed by atoms with Crippen molar-refractivity contribution in [1.82, 2.24) is 19.5 Å². The van der Waals surface area contributed by atoms with Crippen LogP contribution < -0.4 is 0 Å². The number of rotatable bonds is 3. The lowest BCUT2D eigenvalue weighted by Crippen LogP contribution is -2.14. The van der Waals surface area contributed by atoms with E-state index in [0.717, 1.165) is 46.6 Å². The highest BCUT2D eigenvalue weighted by Gasteiger charge is 2.23. The topological polar surface area (TPSA) is 80.9 Å². The van der Waals surface area contributed by atoms with E-state index in [0.29, 0.717) is 11.6 Å². The van der Waals surface area contributed by atoms with E-state index in [4.69, 9.17) is 9.97 Å². The number of carboxylic acids is 1. The van der Waals surface area contributed by atoms with Gasteiger partial charge < -0.3 is 9.67 Å². The van der Waals surface area contributed by atoms with E-state index in [2.05, 4.69) is 9.55 Å². The molecule has 29 heavy (non-hydrogen) atoms. The fraction of sp³-hybridized carbons (Fsp3) is 0.304. The normalized spacial score (nSPS) is 15.2. The predicted molar refractivity (Wildman–Crippen MR) is 112 cm³/mol. The Labute approximate surface area is 168 Å². The van der Waals surface area contributed by atoms with Crippen molar-refractivity contribution in [2.75, 3.05) is 0 Å². The first-order valence-electron chi connectivity index (χ1n) is 10.1. The van der Waals surface area contributed by atoms with Gasteiger partial charge in [-0.15, -0.1) is 0 Å². The van der Waals surface area contributed by atoms with Crippen LogP contribution in [0.5, 0.6) is 0 Å². The third kappa shape index (κ3) is 3.14. The summed E-state index contributed by atoms with van der Waals surface area (Å²) < 4.78 is 2.27. The molecule has 146 valence electrons. The third-order valence-corrected chi connectivity index (χ3v) is 5.79. The molecule has 0 bridgehead atoms. The molecular formula is C23H22N4O2. The molecule has 1 aliphatic carbocycles. The first-order chi connectivity index (χ1) is 14.1. The van der Waals surface area contributed by atoms with Gasteiger partial charge in [-0.25, -0.2) is 14.8 Å². The van der Waals surface area contributed by atoms with Gasteiger partial charge in [0.15, 0.2) is 5.82 Å². The molecule has 1 aromatic carbocycles. The Balaban J connectivity index is 1.72. The van der Waals surface area contributed by atoms with Crippen LogP contribution in [0, 0.1) is 6.92 Å². The number of benzene rings is 1. The summed E-state index contributed by atoms with van der Waals surface area (Å²) in [5, 5.41) is 9.37. The SMILES string of the molecule is Cc1ccc2nc(-c3nc4cc(C(=O)O)ccc4n3C3CCCCC3)ccc2n1. The van der Waals surface area contributed by atoms with E-state index < -0.39 is 5.97 Å². The second-order valence-corrected chi connectivity index (χ2v) is 7.79. The van der Waals surface area contributed by atoms with Crippen LogP contribution in [0.2, 0.25) is 0 Å². The minimum atomic E-state index is -0.939. The van der Waals surface area contributed by atoms with Gasteiger partial charge in [0.2, 0.25) is 0 Å². The van der Waals surface area contributed by atoms with Crippen molar-refractivity contribution in [3.63, 3.8) is 0 Å². The molecule has 3 heterocycles. The summed E-state index contributed by atoms with van der Waals surface area (Å²) >= 11 is 0. The van der Waals surface area contributed by atoms with Crippen LogP contribution in [0.25, 0.3) is 33.6 Å². The molecule has 1 N–H and O–H groups in total. The second kappa shape index (κ2) is 6.95. The molecule has 6 heteroatoms. The van der Waals surface area contributed by atoms with Crippen LogP contribution in [0.4, 0.5) is 0 Å². The Morgan fingerprint density at radius 1 is 0.931 bits per heavy atom. The highest BCUT2D eigenvalue weighted by atomic mass is 16.4. The Kier molecular flexibility index (Phi) is 4.27. The van der Waals surface area contributed by atoms with Crippen molar-refractivity contribution < 1.29 is 9.90 Å². The fourth-order valence-corrected chi connectivity index (χ4v) is 4.36. The summed E-state index contributed by atoms with van der Waals surface area (Å²) in [6.07, 6.45) is 5.87. The number of hydrogen-bond donors (Lipinski definition) is 1. The summed E-state index contributed by atoms with van der Waals surface area (Å²) in [4.78, 5) is 25.6. The molecule has 4 aromatic rings. The monoisotopic (exact) mass is 386 g/mol. The van der Waals surface area contributed by atoms with Crippen LogP contribution in [-0.4, -0.2) is 30.6 Å². The van der Waals surface area contributed by atoms with Crippen molar-refractivity contribution in [1.29, 1.82) is 0 Å². The maximum absolute atomic E-state index is 11.4. The maximum Gasteiger partial charge on any atom is 0.335 e. The molecule has 3 aromatic heterocycles. The van der Waals surface area contributed by atoms with Gasteiger partial charge in [-0.1, -0.05) is 19.3 Å². The Hall–Kier alpha value is -3.28. The lowest BCUT2D eigenvalue weighted by molar-refractivity contribution is 0.0697. The van der Waals surface area contributed by atoms with Gasteiger partial charge in [0.1, 0.15) is 5.69 Å². The van der Waals surface area contributed by atoms with Crippen LogP contribution >= 0.6 is 0 Å². The minimum absolute atomic E-state index is 0.253. The number of fused-ring (bicyclic) bond motifs is 2. The zero-order chi connectivity index (χ0) is 20.0.